The number of rotatable bonds is 6. The third kappa shape index (κ3) is 4.31. The van der Waals surface area contributed by atoms with Crippen LogP contribution in [0.4, 0.5) is 5.69 Å². The first-order chi connectivity index (χ1) is 9.72. The second-order valence-corrected chi connectivity index (χ2v) is 6.20. The fourth-order valence-corrected chi connectivity index (χ4v) is 3.06. The zero-order chi connectivity index (χ0) is 14.4. The minimum absolute atomic E-state index is 0.556. The molecule has 0 saturated heterocycles. The number of hydrogen-bond acceptors (Lipinski definition) is 2. The maximum atomic E-state index is 6.12. The van der Waals surface area contributed by atoms with E-state index >= 15 is 0 Å². The SMILES string of the molecule is CCCOc1ccc(Cl)cc1NC1CCC(CC)CC1. The molecule has 1 aliphatic carbocycles. The van der Waals surface area contributed by atoms with E-state index in [9.17, 15) is 0 Å². The van der Waals surface area contributed by atoms with Gasteiger partial charge in [0.25, 0.3) is 0 Å². The van der Waals surface area contributed by atoms with Crippen LogP contribution in [0, 0.1) is 5.92 Å². The van der Waals surface area contributed by atoms with Gasteiger partial charge in [0.05, 0.1) is 12.3 Å². The summed E-state index contributed by atoms with van der Waals surface area (Å²) >= 11 is 6.12. The molecule has 0 spiro atoms. The molecule has 0 radical (unpaired) electrons. The number of anilines is 1. The van der Waals surface area contributed by atoms with Gasteiger partial charge in [0.2, 0.25) is 0 Å². The first kappa shape index (κ1) is 15.5. The zero-order valence-corrected chi connectivity index (χ0v) is 13.4. The molecule has 2 rings (SSSR count). The second kappa shape index (κ2) is 7.78. The Kier molecular flexibility index (Phi) is 6.03. The van der Waals surface area contributed by atoms with Crippen molar-refractivity contribution in [2.45, 2.75) is 58.4 Å². The summed E-state index contributed by atoms with van der Waals surface area (Å²) in [6.07, 6.45) is 7.49. The molecule has 0 aromatic heterocycles. The topological polar surface area (TPSA) is 21.3 Å². The van der Waals surface area contributed by atoms with Crippen molar-refractivity contribution < 1.29 is 4.74 Å². The van der Waals surface area contributed by atoms with Crippen molar-refractivity contribution in [1.29, 1.82) is 0 Å². The predicted molar refractivity (Wildman–Crippen MR) is 86.9 cm³/mol. The highest BCUT2D eigenvalue weighted by Crippen LogP contribution is 2.33. The predicted octanol–water partition coefficient (Wildman–Crippen LogP) is 5.51. The summed E-state index contributed by atoms with van der Waals surface area (Å²) in [5.74, 6) is 1.84. The minimum Gasteiger partial charge on any atom is -0.491 e. The Morgan fingerprint density at radius 2 is 1.95 bits per heavy atom. The van der Waals surface area contributed by atoms with E-state index in [1.807, 2.05) is 18.2 Å². The average Bonchev–Trinajstić information content (AvgIpc) is 2.47. The Morgan fingerprint density at radius 1 is 1.20 bits per heavy atom. The van der Waals surface area contributed by atoms with Crippen LogP contribution in [0.25, 0.3) is 0 Å². The van der Waals surface area contributed by atoms with Crippen LogP contribution in [0.3, 0.4) is 0 Å². The molecule has 0 bridgehead atoms. The van der Waals surface area contributed by atoms with Crippen molar-refractivity contribution >= 4 is 17.3 Å². The molecule has 1 aromatic carbocycles. The van der Waals surface area contributed by atoms with E-state index in [0.717, 1.165) is 35.4 Å². The van der Waals surface area contributed by atoms with Crippen molar-refractivity contribution in [3.05, 3.63) is 23.2 Å². The molecular weight excluding hydrogens is 270 g/mol. The van der Waals surface area contributed by atoms with Crippen LogP contribution >= 0.6 is 11.6 Å². The monoisotopic (exact) mass is 295 g/mol. The van der Waals surface area contributed by atoms with Gasteiger partial charge in [0.1, 0.15) is 5.75 Å². The largest absolute Gasteiger partial charge is 0.491 e. The fraction of sp³-hybridized carbons (Fsp3) is 0.647. The lowest BCUT2D eigenvalue weighted by atomic mass is 9.84. The smallest absolute Gasteiger partial charge is 0.142 e. The number of ether oxygens (including phenoxy) is 1. The van der Waals surface area contributed by atoms with Crippen LogP contribution in [0.2, 0.25) is 5.02 Å². The molecule has 2 nitrogen and oxygen atoms in total. The quantitative estimate of drug-likeness (QED) is 0.747. The van der Waals surface area contributed by atoms with Crippen LogP contribution in [0.5, 0.6) is 5.75 Å². The summed E-state index contributed by atoms with van der Waals surface area (Å²) < 4.78 is 5.80. The van der Waals surface area contributed by atoms with Gasteiger partial charge < -0.3 is 10.1 Å². The van der Waals surface area contributed by atoms with Gasteiger partial charge in [-0.25, -0.2) is 0 Å². The Balaban J connectivity index is 1.99. The van der Waals surface area contributed by atoms with Gasteiger partial charge in [-0.2, -0.15) is 0 Å². The van der Waals surface area contributed by atoms with Gasteiger partial charge in [0, 0.05) is 11.1 Å². The number of hydrogen-bond donors (Lipinski definition) is 1. The minimum atomic E-state index is 0.556. The lowest BCUT2D eigenvalue weighted by Crippen LogP contribution is -2.26. The number of nitrogens with one attached hydrogen (secondary N) is 1. The average molecular weight is 296 g/mol. The van der Waals surface area contributed by atoms with E-state index < -0.39 is 0 Å². The lowest BCUT2D eigenvalue weighted by molar-refractivity contribution is 0.314. The first-order valence-electron chi connectivity index (χ1n) is 7.91. The van der Waals surface area contributed by atoms with Crippen molar-refractivity contribution in [3.8, 4) is 5.75 Å². The molecule has 1 fully saturated rings. The Bertz CT molecular complexity index is 413. The normalized spacial score (nSPS) is 22.6. The van der Waals surface area contributed by atoms with Crippen molar-refractivity contribution in [3.63, 3.8) is 0 Å². The maximum Gasteiger partial charge on any atom is 0.142 e. The summed E-state index contributed by atoms with van der Waals surface area (Å²) in [6, 6.07) is 6.41. The molecular formula is C17H26ClNO. The summed E-state index contributed by atoms with van der Waals surface area (Å²) in [7, 11) is 0. The van der Waals surface area contributed by atoms with Gasteiger partial charge >= 0.3 is 0 Å². The third-order valence-corrected chi connectivity index (χ3v) is 4.42. The molecule has 0 heterocycles. The molecule has 1 N–H and O–H groups in total. The van der Waals surface area contributed by atoms with E-state index in [4.69, 9.17) is 16.3 Å². The van der Waals surface area contributed by atoms with E-state index in [1.54, 1.807) is 0 Å². The summed E-state index contributed by atoms with van der Waals surface area (Å²) in [5, 5.41) is 4.40. The molecule has 0 amide bonds. The van der Waals surface area contributed by atoms with Gasteiger partial charge in [-0.05, 0) is 56.2 Å². The standard InChI is InChI=1S/C17H26ClNO/c1-3-11-20-17-10-7-14(18)12-16(17)19-15-8-5-13(4-2)6-9-15/h7,10,12-13,15,19H,3-6,8-9,11H2,1-2H3. The van der Waals surface area contributed by atoms with Crippen molar-refractivity contribution in [2.75, 3.05) is 11.9 Å². The van der Waals surface area contributed by atoms with Crippen LogP contribution in [-0.4, -0.2) is 12.6 Å². The van der Waals surface area contributed by atoms with Gasteiger partial charge in [0.15, 0.2) is 0 Å². The summed E-state index contributed by atoms with van der Waals surface area (Å²) in [4.78, 5) is 0. The van der Waals surface area contributed by atoms with Gasteiger partial charge in [-0.1, -0.05) is 31.9 Å². The second-order valence-electron chi connectivity index (χ2n) is 5.76. The van der Waals surface area contributed by atoms with Crippen molar-refractivity contribution in [2.24, 2.45) is 5.92 Å². The molecule has 3 heteroatoms. The zero-order valence-electron chi connectivity index (χ0n) is 12.6. The summed E-state index contributed by atoms with van der Waals surface area (Å²) in [6.45, 7) is 5.17. The van der Waals surface area contributed by atoms with Gasteiger partial charge in [-0.3, -0.25) is 0 Å². The molecule has 1 saturated carbocycles. The van der Waals surface area contributed by atoms with E-state index in [2.05, 4.69) is 19.2 Å². The fourth-order valence-electron chi connectivity index (χ4n) is 2.89. The summed E-state index contributed by atoms with van der Waals surface area (Å²) in [5.41, 5.74) is 1.05. The van der Waals surface area contributed by atoms with E-state index in [-0.39, 0.29) is 0 Å². The van der Waals surface area contributed by atoms with E-state index in [1.165, 1.54) is 32.1 Å². The van der Waals surface area contributed by atoms with Crippen LogP contribution in [-0.2, 0) is 0 Å². The molecule has 0 unspecified atom stereocenters. The molecule has 1 aliphatic rings. The highest BCUT2D eigenvalue weighted by atomic mass is 35.5. The molecule has 0 atom stereocenters. The van der Waals surface area contributed by atoms with E-state index in [0.29, 0.717) is 6.04 Å². The molecule has 20 heavy (non-hydrogen) atoms. The highest BCUT2D eigenvalue weighted by Gasteiger charge is 2.20. The number of benzene rings is 1. The highest BCUT2D eigenvalue weighted by molar-refractivity contribution is 6.30. The molecule has 112 valence electrons. The Morgan fingerprint density at radius 3 is 2.60 bits per heavy atom. The maximum absolute atomic E-state index is 6.12. The van der Waals surface area contributed by atoms with Gasteiger partial charge in [-0.15, -0.1) is 0 Å². The van der Waals surface area contributed by atoms with Crippen LogP contribution in [0.1, 0.15) is 52.4 Å². The van der Waals surface area contributed by atoms with Crippen LogP contribution < -0.4 is 10.1 Å². The molecule has 0 aliphatic heterocycles. The number of halogens is 1. The Hall–Kier alpha value is -0.890. The van der Waals surface area contributed by atoms with Crippen LogP contribution in [0.15, 0.2) is 18.2 Å². The lowest BCUT2D eigenvalue weighted by Gasteiger charge is -2.29. The first-order valence-corrected chi connectivity index (χ1v) is 8.29. The Labute approximate surface area is 127 Å². The molecule has 1 aromatic rings. The third-order valence-electron chi connectivity index (χ3n) is 4.19. The van der Waals surface area contributed by atoms with Crippen molar-refractivity contribution in [1.82, 2.24) is 0 Å².